The summed E-state index contributed by atoms with van der Waals surface area (Å²) in [4.78, 5) is 23.2. The van der Waals surface area contributed by atoms with Crippen LogP contribution in [0, 0.1) is 6.92 Å². The molecule has 3 rings (SSSR count). The van der Waals surface area contributed by atoms with Crippen LogP contribution in [0.4, 0.5) is 17.3 Å². The minimum Gasteiger partial charge on any atom is -0.398 e. The van der Waals surface area contributed by atoms with E-state index in [-0.39, 0.29) is 11.4 Å². The van der Waals surface area contributed by atoms with Gasteiger partial charge < -0.3 is 16.0 Å². The summed E-state index contributed by atoms with van der Waals surface area (Å²) in [7, 11) is 1.81. The number of amides is 1. The number of hydrogen-bond acceptors (Lipinski definition) is 5. The Morgan fingerprint density at radius 2 is 1.76 bits per heavy atom. The third kappa shape index (κ3) is 4.54. The van der Waals surface area contributed by atoms with E-state index in [2.05, 4.69) is 15.3 Å². The number of rotatable bonds is 4. The minimum atomic E-state index is -0.235. The van der Waals surface area contributed by atoms with Gasteiger partial charge in [-0.25, -0.2) is 9.97 Å². The normalized spacial score (nSPS) is 11.2. The Hall–Kier alpha value is -3.41. The maximum absolute atomic E-state index is 12.6. The van der Waals surface area contributed by atoms with Gasteiger partial charge in [0.25, 0.3) is 5.91 Å². The van der Waals surface area contributed by atoms with Crippen LogP contribution >= 0.6 is 0 Å². The maximum atomic E-state index is 12.6. The maximum Gasteiger partial charge on any atom is 0.254 e. The molecule has 1 amide bonds. The molecular formula is C23H27N5O. The van der Waals surface area contributed by atoms with Gasteiger partial charge in [-0.2, -0.15) is 0 Å². The van der Waals surface area contributed by atoms with Gasteiger partial charge in [-0.15, -0.1) is 0 Å². The van der Waals surface area contributed by atoms with Crippen molar-refractivity contribution < 1.29 is 4.79 Å². The van der Waals surface area contributed by atoms with Crippen LogP contribution in [0.2, 0.25) is 0 Å². The molecule has 1 aromatic heterocycles. The van der Waals surface area contributed by atoms with Crippen LogP contribution in [0.1, 0.15) is 36.7 Å². The molecule has 3 N–H and O–H groups in total. The Kier molecular flexibility index (Phi) is 5.55. The van der Waals surface area contributed by atoms with Crippen LogP contribution < -0.4 is 11.1 Å². The fourth-order valence-electron chi connectivity index (χ4n) is 2.82. The molecule has 0 radical (unpaired) electrons. The molecule has 29 heavy (non-hydrogen) atoms. The SMILES string of the molecule is Cc1c(N)cccc1-c1ccnc(Nc2ccc(C(=O)N(C)C(C)(C)C)cc2)n1. The molecule has 0 bridgehead atoms. The van der Waals surface area contributed by atoms with E-state index in [1.807, 2.05) is 71.1 Å². The number of benzene rings is 2. The summed E-state index contributed by atoms with van der Waals surface area (Å²) < 4.78 is 0. The summed E-state index contributed by atoms with van der Waals surface area (Å²) in [6.07, 6.45) is 1.71. The van der Waals surface area contributed by atoms with Gasteiger partial charge in [0.1, 0.15) is 0 Å². The Morgan fingerprint density at radius 1 is 1.07 bits per heavy atom. The minimum absolute atomic E-state index is 0.0144. The van der Waals surface area contributed by atoms with Gasteiger partial charge in [0.2, 0.25) is 5.95 Å². The highest BCUT2D eigenvalue weighted by Crippen LogP contribution is 2.26. The second-order valence-corrected chi connectivity index (χ2v) is 8.02. The third-order valence-corrected chi connectivity index (χ3v) is 5.01. The number of aromatic nitrogens is 2. The lowest BCUT2D eigenvalue weighted by Crippen LogP contribution is -2.42. The van der Waals surface area contributed by atoms with Crippen molar-refractivity contribution in [3.63, 3.8) is 0 Å². The lowest BCUT2D eigenvalue weighted by Gasteiger charge is -2.32. The van der Waals surface area contributed by atoms with Crippen molar-refractivity contribution in [3.05, 3.63) is 65.9 Å². The first-order valence-corrected chi connectivity index (χ1v) is 9.50. The molecule has 1 heterocycles. The molecule has 0 saturated heterocycles. The van der Waals surface area contributed by atoms with Crippen LogP contribution in [-0.4, -0.2) is 33.4 Å². The van der Waals surface area contributed by atoms with E-state index < -0.39 is 0 Å². The number of nitrogens with one attached hydrogen (secondary N) is 1. The molecule has 150 valence electrons. The summed E-state index contributed by atoms with van der Waals surface area (Å²) in [6, 6.07) is 15.0. The zero-order valence-electron chi connectivity index (χ0n) is 17.5. The molecule has 3 aromatic rings. The summed E-state index contributed by atoms with van der Waals surface area (Å²) in [5, 5.41) is 3.20. The highest BCUT2D eigenvalue weighted by molar-refractivity contribution is 5.94. The van der Waals surface area contributed by atoms with Crippen molar-refractivity contribution in [1.82, 2.24) is 14.9 Å². The molecule has 0 saturated carbocycles. The van der Waals surface area contributed by atoms with Crippen LogP contribution in [0.25, 0.3) is 11.3 Å². The third-order valence-electron chi connectivity index (χ3n) is 5.01. The number of carbonyl (C=O) groups is 1. The second kappa shape index (κ2) is 7.91. The Balaban J connectivity index is 1.79. The first kappa shape index (κ1) is 20.3. The molecule has 0 fully saturated rings. The number of nitrogens with two attached hydrogens (primary N) is 1. The van der Waals surface area contributed by atoms with Gasteiger partial charge in [0.15, 0.2) is 0 Å². The number of carbonyl (C=O) groups excluding carboxylic acids is 1. The summed E-state index contributed by atoms with van der Waals surface area (Å²) in [5.41, 5.74) is 10.7. The molecule has 0 unspecified atom stereocenters. The second-order valence-electron chi connectivity index (χ2n) is 8.02. The van der Waals surface area contributed by atoms with Gasteiger partial charge in [0, 0.05) is 41.3 Å². The van der Waals surface area contributed by atoms with E-state index in [1.54, 1.807) is 23.2 Å². The van der Waals surface area contributed by atoms with Gasteiger partial charge in [-0.1, -0.05) is 12.1 Å². The lowest BCUT2D eigenvalue weighted by atomic mass is 10.0. The van der Waals surface area contributed by atoms with Crippen molar-refractivity contribution in [2.75, 3.05) is 18.1 Å². The molecule has 0 spiro atoms. The fourth-order valence-corrected chi connectivity index (χ4v) is 2.82. The van der Waals surface area contributed by atoms with Gasteiger partial charge >= 0.3 is 0 Å². The van der Waals surface area contributed by atoms with E-state index in [9.17, 15) is 4.79 Å². The largest absolute Gasteiger partial charge is 0.398 e. The highest BCUT2D eigenvalue weighted by Gasteiger charge is 2.23. The molecule has 2 aromatic carbocycles. The predicted octanol–water partition coefficient (Wildman–Crippen LogP) is 4.65. The molecule has 0 aliphatic carbocycles. The van der Waals surface area contributed by atoms with E-state index in [4.69, 9.17) is 5.73 Å². The number of anilines is 3. The van der Waals surface area contributed by atoms with Crippen LogP contribution in [0.15, 0.2) is 54.7 Å². The quantitative estimate of drug-likeness (QED) is 0.635. The van der Waals surface area contributed by atoms with Crippen molar-refractivity contribution in [2.24, 2.45) is 0 Å². The summed E-state index contributed by atoms with van der Waals surface area (Å²) in [5.74, 6) is 0.467. The Labute approximate surface area is 171 Å². The predicted molar refractivity (Wildman–Crippen MR) is 118 cm³/mol. The first-order valence-electron chi connectivity index (χ1n) is 9.50. The molecule has 0 atom stereocenters. The topological polar surface area (TPSA) is 84.1 Å². The summed E-state index contributed by atoms with van der Waals surface area (Å²) in [6.45, 7) is 8.00. The van der Waals surface area contributed by atoms with E-state index in [0.717, 1.165) is 28.2 Å². The Morgan fingerprint density at radius 3 is 2.41 bits per heavy atom. The van der Waals surface area contributed by atoms with Crippen LogP contribution in [0.5, 0.6) is 0 Å². The summed E-state index contributed by atoms with van der Waals surface area (Å²) >= 11 is 0. The molecular weight excluding hydrogens is 362 g/mol. The van der Waals surface area contributed by atoms with Crippen LogP contribution in [0.3, 0.4) is 0 Å². The number of hydrogen-bond donors (Lipinski definition) is 2. The smallest absolute Gasteiger partial charge is 0.254 e. The molecule has 6 heteroatoms. The average Bonchev–Trinajstić information content (AvgIpc) is 2.69. The van der Waals surface area contributed by atoms with Gasteiger partial charge in [0.05, 0.1) is 5.69 Å². The van der Waals surface area contributed by atoms with Gasteiger partial charge in [-0.05, 0) is 69.7 Å². The lowest BCUT2D eigenvalue weighted by molar-refractivity contribution is 0.0656. The highest BCUT2D eigenvalue weighted by atomic mass is 16.2. The van der Waals surface area contributed by atoms with E-state index >= 15 is 0 Å². The van der Waals surface area contributed by atoms with E-state index in [0.29, 0.717) is 11.5 Å². The van der Waals surface area contributed by atoms with E-state index in [1.165, 1.54) is 0 Å². The van der Waals surface area contributed by atoms with Crippen LogP contribution in [-0.2, 0) is 0 Å². The Bertz CT molecular complexity index is 1020. The fraction of sp³-hybridized carbons (Fsp3) is 0.261. The monoisotopic (exact) mass is 389 g/mol. The zero-order chi connectivity index (χ0) is 21.2. The molecule has 0 aliphatic rings. The number of nitrogen functional groups attached to an aromatic ring is 1. The molecule has 6 nitrogen and oxygen atoms in total. The first-order chi connectivity index (χ1) is 13.7. The molecule has 0 aliphatic heterocycles. The van der Waals surface area contributed by atoms with Crippen molar-refractivity contribution in [3.8, 4) is 11.3 Å². The zero-order valence-corrected chi connectivity index (χ0v) is 17.5. The standard InChI is InChI=1S/C23H27N5O/c1-15-18(7-6-8-19(15)24)20-13-14-25-22(27-20)26-17-11-9-16(10-12-17)21(29)28(5)23(2,3)4/h6-14H,24H2,1-5H3,(H,25,26,27). The average molecular weight is 390 g/mol. The number of nitrogens with zero attached hydrogens (tertiary/aromatic N) is 3. The van der Waals surface area contributed by atoms with Gasteiger partial charge in [-0.3, -0.25) is 4.79 Å². The van der Waals surface area contributed by atoms with Crippen molar-refractivity contribution in [1.29, 1.82) is 0 Å². The van der Waals surface area contributed by atoms with Crippen molar-refractivity contribution in [2.45, 2.75) is 33.2 Å². The van der Waals surface area contributed by atoms with Crippen molar-refractivity contribution >= 4 is 23.2 Å².